The van der Waals surface area contributed by atoms with Crippen molar-refractivity contribution in [3.63, 3.8) is 0 Å². The lowest BCUT2D eigenvalue weighted by Gasteiger charge is -2.15. The van der Waals surface area contributed by atoms with E-state index in [0.29, 0.717) is 12.5 Å². The van der Waals surface area contributed by atoms with Gasteiger partial charge in [-0.2, -0.15) is 0 Å². The number of nitrogens with one attached hydrogen (secondary N) is 1. The zero-order valence-corrected chi connectivity index (χ0v) is 9.12. The third-order valence-corrected chi connectivity index (χ3v) is 2.17. The molecule has 0 radical (unpaired) electrons. The Hall–Kier alpha value is -1.02. The summed E-state index contributed by atoms with van der Waals surface area (Å²) in [5.41, 5.74) is 2.43. The highest BCUT2D eigenvalue weighted by Gasteiger charge is 2.05. The molecule has 0 saturated heterocycles. The van der Waals surface area contributed by atoms with Crippen molar-refractivity contribution in [2.75, 3.05) is 11.9 Å². The SMILES string of the molecule is CC(C)c1ccccc1NC[C@@H](C)O. The van der Waals surface area contributed by atoms with Gasteiger partial charge in [-0.1, -0.05) is 32.0 Å². The van der Waals surface area contributed by atoms with Crippen molar-refractivity contribution in [3.8, 4) is 0 Å². The van der Waals surface area contributed by atoms with Gasteiger partial charge in [0.05, 0.1) is 6.10 Å². The maximum Gasteiger partial charge on any atom is 0.0684 e. The average Bonchev–Trinajstić information content (AvgIpc) is 2.15. The van der Waals surface area contributed by atoms with Crippen LogP contribution in [-0.4, -0.2) is 17.8 Å². The fourth-order valence-corrected chi connectivity index (χ4v) is 1.42. The van der Waals surface area contributed by atoms with Gasteiger partial charge in [0.25, 0.3) is 0 Å². The van der Waals surface area contributed by atoms with Crippen LogP contribution < -0.4 is 5.32 Å². The summed E-state index contributed by atoms with van der Waals surface area (Å²) in [6, 6.07) is 8.23. The van der Waals surface area contributed by atoms with Gasteiger partial charge in [-0.15, -0.1) is 0 Å². The van der Waals surface area contributed by atoms with Crippen LogP contribution in [0.2, 0.25) is 0 Å². The largest absolute Gasteiger partial charge is 0.392 e. The van der Waals surface area contributed by atoms with E-state index in [0.717, 1.165) is 5.69 Å². The molecule has 2 heteroatoms. The van der Waals surface area contributed by atoms with Crippen LogP contribution in [0.4, 0.5) is 5.69 Å². The Morgan fingerprint density at radius 3 is 2.43 bits per heavy atom. The van der Waals surface area contributed by atoms with Crippen LogP contribution in [0, 0.1) is 0 Å². The van der Waals surface area contributed by atoms with Crippen LogP contribution >= 0.6 is 0 Å². The number of aliphatic hydroxyl groups is 1. The molecule has 0 fully saturated rings. The highest BCUT2D eigenvalue weighted by atomic mass is 16.3. The van der Waals surface area contributed by atoms with Gasteiger partial charge in [0.2, 0.25) is 0 Å². The normalized spacial score (nSPS) is 12.9. The Balaban J connectivity index is 2.74. The Labute approximate surface area is 86.0 Å². The molecule has 1 aromatic carbocycles. The summed E-state index contributed by atoms with van der Waals surface area (Å²) in [7, 11) is 0. The summed E-state index contributed by atoms with van der Waals surface area (Å²) in [4.78, 5) is 0. The Bertz CT molecular complexity index is 281. The van der Waals surface area contributed by atoms with Gasteiger partial charge in [0.15, 0.2) is 0 Å². The monoisotopic (exact) mass is 193 g/mol. The van der Waals surface area contributed by atoms with Gasteiger partial charge < -0.3 is 10.4 Å². The van der Waals surface area contributed by atoms with Crippen LogP contribution in [0.15, 0.2) is 24.3 Å². The molecular weight excluding hydrogens is 174 g/mol. The van der Waals surface area contributed by atoms with Gasteiger partial charge in [0, 0.05) is 12.2 Å². The molecule has 78 valence electrons. The number of para-hydroxylation sites is 1. The molecule has 0 unspecified atom stereocenters. The van der Waals surface area contributed by atoms with E-state index in [1.54, 1.807) is 6.92 Å². The van der Waals surface area contributed by atoms with E-state index < -0.39 is 0 Å². The van der Waals surface area contributed by atoms with Gasteiger partial charge in [-0.05, 0) is 24.5 Å². The first-order valence-electron chi connectivity index (χ1n) is 5.12. The van der Waals surface area contributed by atoms with E-state index in [1.165, 1.54) is 5.56 Å². The predicted octanol–water partition coefficient (Wildman–Crippen LogP) is 2.60. The fraction of sp³-hybridized carbons (Fsp3) is 0.500. The predicted molar refractivity (Wildman–Crippen MR) is 60.7 cm³/mol. The lowest BCUT2D eigenvalue weighted by Crippen LogP contribution is -2.16. The van der Waals surface area contributed by atoms with Crippen molar-refractivity contribution in [2.24, 2.45) is 0 Å². The zero-order chi connectivity index (χ0) is 10.6. The zero-order valence-electron chi connectivity index (χ0n) is 9.12. The molecule has 0 aliphatic rings. The van der Waals surface area contributed by atoms with Crippen LogP contribution in [0.5, 0.6) is 0 Å². The summed E-state index contributed by atoms with van der Waals surface area (Å²) in [6.07, 6.45) is -0.310. The molecule has 0 heterocycles. The number of anilines is 1. The molecule has 0 amide bonds. The highest BCUT2D eigenvalue weighted by molar-refractivity contribution is 5.52. The minimum absolute atomic E-state index is 0.310. The van der Waals surface area contributed by atoms with Crippen molar-refractivity contribution < 1.29 is 5.11 Å². The molecule has 2 nitrogen and oxygen atoms in total. The number of rotatable bonds is 4. The number of hydrogen-bond donors (Lipinski definition) is 2. The minimum Gasteiger partial charge on any atom is -0.392 e. The summed E-state index contributed by atoms with van der Waals surface area (Å²) < 4.78 is 0. The standard InChI is InChI=1S/C12H19NO/c1-9(2)11-6-4-5-7-12(11)13-8-10(3)14/h4-7,9-10,13-14H,8H2,1-3H3/t10-/m1/s1. The topological polar surface area (TPSA) is 32.3 Å². The fourth-order valence-electron chi connectivity index (χ4n) is 1.42. The molecular formula is C12H19NO. The van der Waals surface area contributed by atoms with Crippen molar-refractivity contribution in [2.45, 2.75) is 32.8 Å². The maximum atomic E-state index is 9.18. The second-order valence-corrected chi connectivity index (χ2v) is 3.97. The van der Waals surface area contributed by atoms with Crippen LogP contribution in [0.1, 0.15) is 32.3 Å². The molecule has 0 aliphatic heterocycles. The van der Waals surface area contributed by atoms with Gasteiger partial charge >= 0.3 is 0 Å². The van der Waals surface area contributed by atoms with Crippen LogP contribution in [-0.2, 0) is 0 Å². The van der Waals surface area contributed by atoms with E-state index in [1.807, 2.05) is 12.1 Å². The Morgan fingerprint density at radius 2 is 1.86 bits per heavy atom. The molecule has 0 bridgehead atoms. The minimum atomic E-state index is -0.310. The molecule has 1 atom stereocenters. The maximum absolute atomic E-state index is 9.18. The van der Waals surface area contributed by atoms with Gasteiger partial charge in [-0.25, -0.2) is 0 Å². The summed E-state index contributed by atoms with van der Waals surface area (Å²) in [5.74, 6) is 0.507. The molecule has 1 rings (SSSR count). The quantitative estimate of drug-likeness (QED) is 0.770. The smallest absolute Gasteiger partial charge is 0.0684 e. The summed E-state index contributed by atoms with van der Waals surface area (Å²) in [5, 5.41) is 12.4. The summed E-state index contributed by atoms with van der Waals surface area (Å²) >= 11 is 0. The van der Waals surface area contributed by atoms with E-state index >= 15 is 0 Å². The van der Waals surface area contributed by atoms with Crippen molar-refractivity contribution in [3.05, 3.63) is 29.8 Å². The number of aliphatic hydroxyl groups excluding tert-OH is 1. The first-order valence-corrected chi connectivity index (χ1v) is 5.12. The van der Waals surface area contributed by atoms with Crippen molar-refractivity contribution in [1.82, 2.24) is 0 Å². The Morgan fingerprint density at radius 1 is 1.21 bits per heavy atom. The number of hydrogen-bond acceptors (Lipinski definition) is 2. The lowest BCUT2D eigenvalue weighted by molar-refractivity contribution is 0.208. The second-order valence-electron chi connectivity index (χ2n) is 3.97. The third kappa shape index (κ3) is 3.04. The highest BCUT2D eigenvalue weighted by Crippen LogP contribution is 2.23. The van der Waals surface area contributed by atoms with E-state index in [9.17, 15) is 5.11 Å². The van der Waals surface area contributed by atoms with Crippen LogP contribution in [0.25, 0.3) is 0 Å². The van der Waals surface area contributed by atoms with E-state index in [4.69, 9.17) is 0 Å². The third-order valence-electron chi connectivity index (χ3n) is 2.17. The first kappa shape index (κ1) is 11.1. The molecule has 0 spiro atoms. The van der Waals surface area contributed by atoms with Gasteiger partial charge in [-0.3, -0.25) is 0 Å². The van der Waals surface area contributed by atoms with E-state index in [-0.39, 0.29) is 6.10 Å². The molecule has 2 N–H and O–H groups in total. The van der Waals surface area contributed by atoms with Crippen molar-refractivity contribution in [1.29, 1.82) is 0 Å². The molecule has 0 saturated carbocycles. The summed E-state index contributed by atoms with van der Waals surface area (Å²) in [6.45, 7) is 6.72. The second kappa shape index (κ2) is 5.01. The van der Waals surface area contributed by atoms with Crippen molar-refractivity contribution >= 4 is 5.69 Å². The van der Waals surface area contributed by atoms with Gasteiger partial charge in [0.1, 0.15) is 0 Å². The number of benzene rings is 1. The van der Waals surface area contributed by atoms with E-state index in [2.05, 4.69) is 31.3 Å². The molecule has 0 aromatic heterocycles. The Kier molecular flexibility index (Phi) is 3.96. The molecule has 1 aromatic rings. The molecule has 14 heavy (non-hydrogen) atoms. The first-order chi connectivity index (χ1) is 6.61. The van der Waals surface area contributed by atoms with Crippen LogP contribution in [0.3, 0.4) is 0 Å². The average molecular weight is 193 g/mol. The lowest BCUT2D eigenvalue weighted by atomic mass is 10.0. The molecule has 0 aliphatic carbocycles.